The maximum atomic E-state index is 16.9. The van der Waals surface area contributed by atoms with Crippen LogP contribution in [0.4, 0.5) is 52.7 Å². The second-order valence-corrected chi connectivity index (χ2v) is 28.2. The van der Waals surface area contributed by atoms with E-state index in [1.54, 1.807) is 48.5 Å². The van der Waals surface area contributed by atoms with Gasteiger partial charge in [-0.25, -0.2) is 26.3 Å². The number of nitrogens with zero attached hydrogens (tertiary/aromatic N) is 4. The van der Waals surface area contributed by atoms with E-state index in [9.17, 15) is 69.0 Å². The minimum atomic E-state index is -4.83. The SMILES string of the molecule is CCOC(=O)C[C@H](NC(=O)C(CC(C)C)n1cc(CCN2CCC2)c(C(F)(F)F)cc1=O)c1c(F)c(-c2c(C)ccc(F)c2C)cc(C2CC2)c1F.Cc1ccc(F)c(C)c1-c1cc(C2CC2)c(F)c([C@H](CC(=O)O)NC(=O)C(CC(C)C)n2cc(CCN3CCC3)c(C(F)(F)F)cc2=O)c1F. The maximum absolute atomic E-state index is 16.9. The van der Waals surface area contributed by atoms with Gasteiger partial charge in [-0.3, -0.25) is 28.8 Å². The molecule has 2 aliphatic heterocycles. The summed E-state index contributed by atoms with van der Waals surface area (Å²) in [6.45, 7) is 18.3. The van der Waals surface area contributed by atoms with Crippen molar-refractivity contribution in [3.05, 3.63) is 183 Å². The highest BCUT2D eigenvalue weighted by molar-refractivity contribution is 5.84. The first-order chi connectivity index (χ1) is 48.0. The van der Waals surface area contributed by atoms with Gasteiger partial charge in [0.15, 0.2) is 0 Å². The zero-order valence-corrected chi connectivity index (χ0v) is 58.5. The molecule has 3 N–H and O–H groups in total. The van der Waals surface area contributed by atoms with Gasteiger partial charge in [0.05, 0.1) is 42.7 Å². The van der Waals surface area contributed by atoms with E-state index in [1.807, 2.05) is 9.80 Å². The molecule has 10 rings (SSSR count). The molecule has 4 heterocycles. The predicted molar refractivity (Wildman–Crippen MR) is 360 cm³/mol. The van der Waals surface area contributed by atoms with Gasteiger partial charge in [0.25, 0.3) is 11.1 Å². The van der Waals surface area contributed by atoms with E-state index in [-0.39, 0.29) is 112 Å². The molecule has 2 saturated heterocycles. The highest BCUT2D eigenvalue weighted by Gasteiger charge is 2.42. The van der Waals surface area contributed by atoms with Crippen molar-refractivity contribution in [2.45, 2.75) is 188 Å². The molecular formula is C76H86F12N6O8. The van der Waals surface area contributed by atoms with E-state index in [0.717, 1.165) is 60.5 Å². The summed E-state index contributed by atoms with van der Waals surface area (Å²) in [5, 5.41) is 14.9. The van der Waals surface area contributed by atoms with E-state index in [0.29, 0.717) is 62.0 Å². The predicted octanol–water partition coefficient (Wildman–Crippen LogP) is 15.7. The highest BCUT2D eigenvalue weighted by atomic mass is 19.4. The fraction of sp³-hybridized carbons (Fsp3) is 0.500. The Morgan fingerprint density at radius 3 is 1.25 bits per heavy atom. The maximum Gasteiger partial charge on any atom is 0.416 e. The molecule has 0 bridgehead atoms. The Morgan fingerprint density at radius 2 is 0.931 bits per heavy atom. The number of ether oxygens (including phenoxy) is 1. The number of alkyl halides is 6. The van der Waals surface area contributed by atoms with Crippen LogP contribution in [0, 0.1) is 74.4 Å². The zero-order valence-electron chi connectivity index (χ0n) is 58.5. The van der Waals surface area contributed by atoms with E-state index in [2.05, 4.69) is 10.6 Å². The van der Waals surface area contributed by atoms with Crippen molar-refractivity contribution in [1.29, 1.82) is 0 Å². The number of carboxylic acid groups (broad SMARTS) is 1. The number of rotatable bonds is 27. The van der Waals surface area contributed by atoms with Gasteiger partial charge in [0, 0.05) is 59.9 Å². The molecule has 26 heteroatoms. The van der Waals surface area contributed by atoms with Crippen LogP contribution in [0.5, 0.6) is 0 Å². The molecule has 2 unspecified atom stereocenters. The normalized spacial score (nSPS) is 16.2. The van der Waals surface area contributed by atoms with Crippen LogP contribution in [-0.2, 0) is 49.1 Å². The van der Waals surface area contributed by atoms with Crippen molar-refractivity contribution in [3.63, 3.8) is 0 Å². The molecular weight excluding hydrogens is 1350 g/mol. The first-order valence-electron chi connectivity index (χ1n) is 34.6. The molecule has 4 atom stereocenters. The Morgan fingerprint density at radius 1 is 0.559 bits per heavy atom. The number of carbonyl (C=O) groups is 4. The van der Waals surface area contributed by atoms with Crippen LogP contribution in [0.1, 0.15) is 202 Å². The number of benzene rings is 4. The lowest BCUT2D eigenvalue weighted by Gasteiger charge is -2.31. The van der Waals surface area contributed by atoms with Crippen molar-refractivity contribution in [3.8, 4) is 22.3 Å². The largest absolute Gasteiger partial charge is 0.481 e. The van der Waals surface area contributed by atoms with Crippen LogP contribution in [0.3, 0.4) is 0 Å². The summed E-state index contributed by atoms with van der Waals surface area (Å²) in [7, 11) is 0. The molecule has 552 valence electrons. The summed E-state index contributed by atoms with van der Waals surface area (Å²) in [5.74, 6) is -10.9. The van der Waals surface area contributed by atoms with Crippen LogP contribution in [-0.4, -0.2) is 93.7 Å². The van der Waals surface area contributed by atoms with E-state index in [1.165, 1.54) is 50.2 Å². The first-order valence-corrected chi connectivity index (χ1v) is 34.6. The fourth-order valence-corrected chi connectivity index (χ4v) is 13.7. The van der Waals surface area contributed by atoms with E-state index < -0.39 is 141 Å². The topological polar surface area (TPSA) is 172 Å². The average Bonchev–Trinajstić information content (AvgIpc) is 1.39. The number of esters is 1. The van der Waals surface area contributed by atoms with Crippen molar-refractivity contribution >= 4 is 23.8 Å². The summed E-state index contributed by atoms with van der Waals surface area (Å²) >= 11 is 0. The molecule has 4 aliphatic rings. The number of pyridine rings is 2. The van der Waals surface area contributed by atoms with E-state index >= 15 is 17.6 Å². The Balaban J connectivity index is 0.000000237. The number of aryl methyl sites for hydroxylation is 2. The average molecular weight is 1440 g/mol. The standard InChI is InChI=1S/C39H45F6N3O4.C37H41F6N3O4/c1-6-52-33(50)19-30(35-36(41)26(24-9-10-24)17-27(37(35)42)34-22(4)8-11-29(40)23(34)5)46-38(51)31(16-21(2)3)48-20-25(12-15-47-13-7-14-47)28(18-32(48)49)39(43,44)45;1-19(2)14-29(46-18-23(10-13-45-11-5-12-45)26(16-30(46)47)37(41,42)43)36(50)44-28(17-31(48)49)33-34(39)24(22-7-8-22)15-25(35(33)40)32-20(3)6-9-27(38)21(32)4/h8,11,17-18,20-21,24,30-31H,6-7,9-10,12-16,19H2,1-5H3,(H,46,51);6,9,15-16,18-19,22,28-29H,5,7-8,10-14,17H2,1-4H3,(H,44,50)(H,48,49)/t30-,31?;28-,29?/m00/s1. The van der Waals surface area contributed by atoms with Crippen LogP contribution < -0.4 is 21.8 Å². The molecule has 0 spiro atoms. The van der Waals surface area contributed by atoms with Gasteiger partial charge in [-0.1, -0.05) is 39.8 Å². The molecule has 2 saturated carbocycles. The van der Waals surface area contributed by atoms with Gasteiger partial charge >= 0.3 is 24.3 Å². The van der Waals surface area contributed by atoms with Crippen LogP contribution in [0.25, 0.3) is 22.3 Å². The lowest BCUT2D eigenvalue weighted by molar-refractivity contribution is -0.144. The molecule has 0 radical (unpaired) electrons. The molecule has 2 aromatic heterocycles. The molecule has 4 fully saturated rings. The first kappa shape index (κ1) is 77.9. The third-order valence-electron chi connectivity index (χ3n) is 19.6. The lowest BCUT2D eigenvalue weighted by atomic mass is 9.88. The zero-order chi connectivity index (χ0) is 74.7. The summed E-state index contributed by atoms with van der Waals surface area (Å²) in [6, 6.07) is 2.74. The summed E-state index contributed by atoms with van der Waals surface area (Å²) < 4.78 is 187. The number of carbonyl (C=O) groups excluding carboxylic acids is 3. The lowest BCUT2D eigenvalue weighted by Crippen LogP contribution is -2.41. The minimum Gasteiger partial charge on any atom is -0.481 e. The van der Waals surface area contributed by atoms with Gasteiger partial charge in [-0.05, 0) is 229 Å². The second kappa shape index (κ2) is 32.2. The molecule has 2 amide bonds. The van der Waals surface area contributed by atoms with E-state index in [4.69, 9.17) is 4.74 Å². The third kappa shape index (κ3) is 18.0. The molecule has 2 aliphatic carbocycles. The Bertz CT molecular complexity index is 4260. The van der Waals surface area contributed by atoms with Gasteiger partial charge in [0.1, 0.15) is 47.0 Å². The van der Waals surface area contributed by atoms with Crippen molar-refractivity contribution in [2.24, 2.45) is 11.8 Å². The number of carboxylic acids is 1. The molecule has 4 aromatic carbocycles. The number of halogens is 12. The fourth-order valence-electron chi connectivity index (χ4n) is 13.7. The van der Waals surface area contributed by atoms with Crippen LogP contribution in [0.2, 0.25) is 0 Å². The van der Waals surface area contributed by atoms with Crippen LogP contribution >= 0.6 is 0 Å². The number of hydrogen-bond acceptors (Lipinski definition) is 9. The molecule has 6 aromatic rings. The van der Waals surface area contributed by atoms with Gasteiger partial charge in [-0.2, -0.15) is 26.3 Å². The van der Waals surface area contributed by atoms with Crippen molar-refractivity contribution in [1.82, 2.24) is 29.6 Å². The monoisotopic (exact) mass is 1440 g/mol. The number of aromatic nitrogens is 2. The number of hydrogen-bond donors (Lipinski definition) is 3. The van der Waals surface area contributed by atoms with Gasteiger partial charge in [0.2, 0.25) is 11.8 Å². The third-order valence-corrected chi connectivity index (χ3v) is 19.6. The van der Waals surface area contributed by atoms with Gasteiger partial charge in [-0.15, -0.1) is 0 Å². The quantitative estimate of drug-likeness (QED) is 0.0333. The summed E-state index contributed by atoms with van der Waals surface area (Å²) in [5.41, 5.74) is -4.43. The Kier molecular flexibility index (Phi) is 24.6. The summed E-state index contributed by atoms with van der Waals surface area (Å²) in [4.78, 5) is 84.0. The Hall–Kier alpha value is -8.26. The minimum absolute atomic E-state index is 0.0190. The Labute approximate surface area is 583 Å². The second-order valence-electron chi connectivity index (χ2n) is 28.2. The van der Waals surface area contributed by atoms with Crippen molar-refractivity contribution < 1.29 is 81.7 Å². The number of amides is 2. The smallest absolute Gasteiger partial charge is 0.416 e. The van der Waals surface area contributed by atoms with Gasteiger partial charge < -0.3 is 39.4 Å². The van der Waals surface area contributed by atoms with Crippen LogP contribution in [0.15, 0.2) is 70.5 Å². The van der Waals surface area contributed by atoms with Crippen molar-refractivity contribution in [2.75, 3.05) is 45.9 Å². The number of nitrogens with one attached hydrogen (secondary N) is 2. The highest BCUT2D eigenvalue weighted by Crippen LogP contribution is 2.49. The molecule has 14 nitrogen and oxygen atoms in total. The number of likely N-dealkylation sites (tertiary alicyclic amines) is 2. The molecule has 102 heavy (non-hydrogen) atoms. The number of aliphatic carboxylic acids is 1. The summed E-state index contributed by atoms with van der Waals surface area (Å²) in [6.07, 6.45) is -5.09.